The quantitative estimate of drug-likeness (QED) is 0.263. The third kappa shape index (κ3) is 5.02. The highest BCUT2D eigenvalue weighted by atomic mass is 16.2. The lowest BCUT2D eigenvalue weighted by Gasteiger charge is -2.14. The van der Waals surface area contributed by atoms with Crippen LogP contribution in [0.2, 0.25) is 0 Å². The van der Waals surface area contributed by atoms with Crippen LogP contribution in [0.4, 0.5) is 16.3 Å². The van der Waals surface area contributed by atoms with Crippen molar-refractivity contribution in [3.05, 3.63) is 107 Å². The van der Waals surface area contributed by atoms with Gasteiger partial charge in [0.15, 0.2) is 0 Å². The molecule has 2 aromatic heterocycles. The molecule has 0 aliphatic carbocycles. The molecule has 0 aliphatic heterocycles. The first-order valence-electron chi connectivity index (χ1n) is 12.2. The summed E-state index contributed by atoms with van der Waals surface area (Å²) in [5.74, 6) is 0.578. The molecule has 186 valence electrons. The Morgan fingerprint density at radius 1 is 0.865 bits per heavy atom. The molecule has 5 rings (SSSR count). The normalized spacial score (nSPS) is 11.5. The Hall–Kier alpha value is -4.65. The smallest absolute Gasteiger partial charge is 0.322 e. The van der Waals surface area contributed by atoms with Gasteiger partial charge in [-0.25, -0.2) is 9.48 Å². The minimum Gasteiger partial charge on any atom is -0.322 e. The number of benzene rings is 3. The van der Waals surface area contributed by atoms with Crippen molar-refractivity contribution in [1.82, 2.24) is 14.8 Å². The number of anilines is 2. The summed E-state index contributed by atoms with van der Waals surface area (Å²) in [6, 6.07) is 26.1. The lowest BCUT2D eigenvalue weighted by molar-refractivity contribution is 0.262. The average Bonchev–Trinajstić information content (AvgIpc) is 3.29. The van der Waals surface area contributed by atoms with Crippen molar-refractivity contribution in [3.8, 4) is 16.9 Å². The first kappa shape index (κ1) is 24.1. The molecule has 7 nitrogen and oxygen atoms in total. The number of carbonyl (C=O) groups is 1. The Bertz CT molecular complexity index is 1660. The van der Waals surface area contributed by atoms with Crippen molar-refractivity contribution < 1.29 is 4.79 Å². The van der Waals surface area contributed by atoms with Crippen LogP contribution in [-0.2, 0) is 5.41 Å². The molecule has 5 aromatic rings. The molecule has 37 heavy (non-hydrogen) atoms. The van der Waals surface area contributed by atoms with E-state index in [9.17, 15) is 9.59 Å². The lowest BCUT2D eigenvalue weighted by Crippen LogP contribution is -2.21. The van der Waals surface area contributed by atoms with Crippen molar-refractivity contribution in [2.24, 2.45) is 0 Å². The second-order valence-corrected chi connectivity index (χ2v) is 10.1. The van der Waals surface area contributed by atoms with E-state index < -0.39 is 0 Å². The number of urea groups is 1. The fraction of sp³-hybridized carbons (Fsp3) is 0.167. The second-order valence-electron chi connectivity index (χ2n) is 10.1. The van der Waals surface area contributed by atoms with E-state index in [1.807, 2.05) is 79.7 Å². The van der Waals surface area contributed by atoms with Crippen LogP contribution in [0.3, 0.4) is 0 Å². The molecule has 0 radical (unpaired) electrons. The van der Waals surface area contributed by atoms with Crippen LogP contribution >= 0.6 is 0 Å². The van der Waals surface area contributed by atoms with Gasteiger partial charge in [-0.3, -0.25) is 10.1 Å². The van der Waals surface area contributed by atoms with Crippen molar-refractivity contribution in [1.29, 1.82) is 0 Å². The van der Waals surface area contributed by atoms with Gasteiger partial charge in [0.25, 0.3) is 0 Å². The molecule has 3 aromatic carbocycles. The molecular formula is C30H29N5O2. The molecule has 0 spiro atoms. The number of hydrogen-bond donors (Lipinski definition) is 3. The number of aryl methyl sites for hydroxylation is 1. The highest BCUT2D eigenvalue weighted by Gasteiger charge is 2.22. The SMILES string of the molecule is Cc1ccc(-n2nc(C(C)(C)C)cc2NC(=O)Nc2ccc(-c3cccc(=O)[nH]3)c3ccccc23)cc1. The maximum atomic E-state index is 13.2. The summed E-state index contributed by atoms with van der Waals surface area (Å²) >= 11 is 0. The zero-order chi connectivity index (χ0) is 26.2. The highest BCUT2D eigenvalue weighted by molar-refractivity contribution is 6.09. The summed E-state index contributed by atoms with van der Waals surface area (Å²) in [5.41, 5.74) is 4.79. The molecule has 0 fully saturated rings. The number of aromatic nitrogens is 3. The summed E-state index contributed by atoms with van der Waals surface area (Å²) in [6.45, 7) is 8.30. The molecule has 0 aliphatic rings. The number of aromatic amines is 1. The van der Waals surface area contributed by atoms with Crippen molar-refractivity contribution in [2.45, 2.75) is 33.1 Å². The topological polar surface area (TPSA) is 91.8 Å². The standard InChI is InChI=1S/C30H29N5O2/c1-19-12-14-20(15-13-19)35-27(18-26(34-35)30(2,3)4)33-29(37)32-25-17-16-23(21-8-5-6-9-22(21)25)24-10-7-11-28(36)31-24/h5-18H,1-4H3,(H,31,36)(H2,32,33,37). The molecule has 3 N–H and O–H groups in total. The predicted molar refractivity (Wildman–Crippen MR) is 150 cm³/mol. The van der Waals surface area contributed by atoms with Crippen LogP contribution in [0, 0.1) is 6.92 Å². The molecule has 2 amide bonds. The zero-order valence-corrected chi connectivity index (χ0v) is 21.3. The molecule has 0 saturated carbocycles. The third-order valence-electron chi connectivity index (χ3n) is 6.23. The highest BCUT2D eigenvalue weighted by Crippen LogP contribution is 2.32. The van der Waals surface area contributed by atoms with Crippen LogP contribution in [0.1, 0.15) is 32.0 Å². The fourth-order valence-electron chi connectivity index (χ4n) is 4.24. The van der Waals surface area contributed by atoms with Gasteiger partial charge in [0.2, 0.25) is 5.56 Å². The Balaban J connectivity index is 1.48. The van der Waals surface area contributed by atoms with Gasteiger partial charge in [0.05, 0.1) is 17.1 Å². The Morgan fingerprint density at radius 3 is 2.30 bits per heavy atom. The Labute approximate surface area is 215 Å². The minimum atomic E-state index is -0.375. The number of fused-ring (bicyclic) bond motifs is 1. The number of H-pyrrole nitrogens is 1. The molecule has 0 saturated heterocycles. The number of amides is 2. The monoisotopic (exact) mass is 491 g/mol. The second kappa shape index (κ2) is 9.43. The number of hydrogen-bond acceptors (Lipinski definition) is 3. The minimum absolute atomic E-state index is 0.164. The van der Waals surface area contributed by atoms with Gasteiger partial charge < -0.3 is 10.3 Å². The molecule has 7 heteroatoms. The van der Waals surface area contributed by atoms with Crippen LogP contribution in [-0.4, -0.2) is 20.8 Å². The Kier molecular flexibility index (Phi) is 6.13. The fourth-order valence-corrected chi connectivity index (χ4v) is 4.24. The third-order valence-corrected chi connectivity index (χ3v) is 6.23. The largest absolute Gasteiger partial charge is 0.324 e. The van der Waals surface area contributed by atoms with Gasteiger partial charge in [0, 0.05) is 34.2 Å². The number of nitrogens with one attached hydrogen (secondary N) is 3. The van der Waals surface area contributed by atoms with E-state index in [0.717, 1.165) is 39.0 Å². The van der Waals surface area contributed by atoms with E-state index in [1.54, 1.807) is 10.7 Å². The summed E-state index contributed by atoms with van der Waals surface area (Å²) in [6.07, 6.45) is 0. The van der Waals surface area contributed by atoms with Gasteiger partial charge >= 0.3 is 6.03 Å². The predicted octanol–water partition coefficient (Wildman–Crippen LogP) is 6.63. The van der Waals surface area contributed by atoms with Gasteiger partial charge in [-0.1, -0.05) is 74.9 Å². The van der Waals surface area contributed by atoms with E-state index in [-0.39, 0.29) is 17.0 Å². The first-order valence-corrected chi connectivity index (χ1v) is 12.2. The maximum absolute atomic E-state index is 13.2. The maximum Gasteiger partial charge on any atom is 0.324 e. The molecular weight excluding hydrogens is 462 g/mol. The van der Waals surface area contributed by atoms with Crippen LogP contribution < -0.4 is 16.2 Å². The molecule has 0 bridgehead atoms. The van der Waals surface area contributed by atoms with Crippen LogP contribution in [0.15, 0.2) is 89.7 Å². The number of nitrogens with zero attached hydrogens (tertiary/aromatic N) is 2. The summed E-state index contributed by atoms with van der Waals surface area (Å²) in [4.78, 5) is 28.0. The molecule has 2 heterocycles. The molecule has 0 atom stereocenters. The van der Waals surface area contributed by atoms with Gasteiger partial charge in [-0.15, -0.1) is 0 Å². The van der Waals surface area contributed by atoms with E-state index >= 15 is 0 Å². The van der Waals surface area contributed by atoms with E-state index in [1.165, 1.54) is 6.07 Å². The van der Waals surface area contributed by atoms with Crippen molar-refractivity contribution >= 4 is 28.3 Å². The number of pyridine rings is 1. The summed E-state index contributed by atoms with van der Waals surface area (Å²) in [7, 11) is 0. The van der Waals surface area contributed by atoms with Gasteiger partial charge in [0.1, 0.15) is 5.82 Å². The number of carbonyl (C=O) groups excluding carboxylic acids is 1. The van der Waals surface area contributed by atoms with Crippen molar-refractivity contribution in [3.63, 3.8) is 0 Å². The summed E-state index contributed by atoms with van der Waals surface area (Å²) < 4.78 is 1.76. The van der Waals surface area contributed by atoms with Crippen molar-refractivity contribution in [2.75, 3.05) is 10.6 Å². The van der Waals surface area contributed by atoms with Gasteiger partial charge in [-0.05, 0) is 36.6 Å². The van der Waals surface area contributed by atoms with Crippen LogP contribution in [0.5, 0.6) is 0 Å². The van der Waals surface area contributed by atoms with E-state index in [4.69, 9.17) is 5.10 Å². The van der Waals surface area contributed by atoms with Crippen LogP contribution in [0.25, 0.3) is 27.7 Å². The lowest BCUT2D eigenvalue weighted by atomic mass is 9.92. The Morgan fingerprint density at radius 2 is 1.59 bits per heavy atom. The zero-order valence-electron chi connectivity index (χ0n) is 21.3. The summed E-state index contributed by atoms with van der Waals surface area (Å²) in [5, 5.41) is 12.6. The van der Waals surface area contributed by atoms with E-state index in [0.29, 0.717) is 11.5 Å². The first-order chi connectivity index (χ1) is 17.7. The number of rotatable bonds is 4. The average molecular weight is 492 g/mol. The molecule has 0 unspecified atom stereocenters. The van der Waals surface area contributed by atoms with Gasteiger partial charge in [-0.2, -0.15) is 5.10 Å². The van der Waals surface area contributed by atoms with E-state index in [2.05, 4.69) is 36.4 Å².